The van der Waals surface area contributed by atoms with Gasteiger partial charge in [0.15, 0.2) is 0 Å². The lowest BCUT2D eigenvalue weighted by Gasteiger charge is -2.08. The number of halogens is 1. The van der Waals surface area contributed by atoms with Crippen molar-refractivity contribution in [2.75, 3.05) is 7.11 Å². The minimum atomic E-state index is -0.445. The minimum absolute atomic E-state index is 0.230. The van der Waals surface area contributed by atoms with Crippen molar-refractivity contribution in [3.05, 3.63) is 53.8 Å². The number of aliphatic hydroxyl groups excluding tert-OH is 1. The summed E-state index contributed by atoms with van der Waals surface area (Å²) in [6, 6.07) is 11.1. The number of ether oxygens (including phenoxy) is 2. The largest absolute Gasteiger partial charge is 0.497 e. The molecular formula is C14H13FO3. The van der Waals surface area contributed by atoms with E-state index in [0.29, 0.717) is 22.8 Å². The number of aliphatic hydroxyl groups is 1. The van der Waals surface area contributed by atoms with E-state index in [2.05, 4.69) is 0 Å². The van der Waals surface area contributed by atoms with Crippen LogP contribution >= 0.6 is 0 Å². The molecular weight excluding hydrogens is 235 g/mol. The molecule has 18 heavy (non-hydrogen) atoms. The zero-order valence-corrected chi connectivity index (χ0v) is 9.89. The number of hydrogen-bond acceptors (Lipinski definition) is 3. The van der Waals surface area contributed by atoms with Gasteiger partial charge in [0.05, 0.1) is 13.7 Å². The molecule has 0 aliphatic rings. The number of methoxy groups -OCH3 is 1. The highest BCUT2D eigenvalue weighted by Gasteiger charge is 2.03. The molecule has 0 radical (unpaired) electrons. The number of hydrogen-bond donors (Lipinski definition) is 1. The molecule has 0 aromatic heterocycles. The maximum Gasteiger partial charge on any atom is 0.131 e. The summed E-state index contributed by atoms with van der Waals surface area (Å²) < 4.78 is 23.8. The predicted octanol–water partition coefficient (Wildman–Crippen LogP) is 3.12. The molecule has 0 amide bonds. The van der Waals surface area contributed by atoms with Crippen molar-refractivity contribution in [1.82, 2.24) is 0 Å². The van der Waals surface area contributed by atoms with Gasteiger partial charge in [0.1, 0.15) is 23.1 Å². The van der Waals surface area contributed by atoms with Gasteiger partial charge in [-0.1, -0.05) is 6.07 Å². The third kappa shape index (κ3) is 2.99. The maximum absolute atomic E-state index is 13.2. The monoisotopic (exact) mass is 248 g/mol. The van der Waals surface area contributed by atoms with Crippen molar-refractivity contribution < 1.29 is 19.0 Å². The Morgan fingerprint density at radius 2 is 1.83 bits per heavy atom. The smallest absolute Gasteiger partial charge is 0.131 e. The summed E-state index contributed by atoms with van der Waals surface area (Å²) in [6.45, 7) is -0.230. The molecule has 0 aliphatic carbocycles. The Bertz CT molecular complexity index is 540. The molecule has 0 saturated carbocycles. The Balaban J connectivity index is 2.24. The molecule has 94 valence electrons. The molecule has 0 fully saturated rings. The first-order chi connectivity index (χ1) is 8.71. The van der Waals surface area contributed by atoms with Crippen LogP contribution in [0.3, 0.4) is 0 Å². The van der Waals surface area contributed by atoms with E-state index in [0.717, 1.165) is 0 Å². The Labute approximate surface area is 104 Å². The van der Waals surface area contributed by atoms with Crippen molar-refractivity contribution in [2.24, 2.45) is 0 Å². The topological polar surface area (TPSA) is 38.7 Å². The second kappa shape index (κ2) is 5.51. The quantitative estimate of drug-likeness (QED) is 0.903. The third-order valence-electron chi connectivity index (χ3n) is 2.39. The molecule has 0 spiro atoms. The van der Waals surface area contributed by atoms with Crippen LogP contribution < -0.4 is 9.47 Å². The lowest BCUT2D eigenvalue weighted by Crippen LogP contribution is -1.90. The number of rotatable bonds is 4. The normalized spacial score (nSPS) is 10.2. The van der Waals surface area contributed by atoms with Crippen LogP contribution in [0.4, 0.5) is 4.39 Å². The summed E-state index contributed by atoms with van der Waals surface area (Å²) in [5.74, 6) is 1.10. The van der Waals surface area contributed by atoms with Crippen molar-refractivity contribution in [3.8, 4) is 17.2 Å². The van der Waals surface area contributed by atoms with E-state index in [9.17, 15) is 4.39 Å². The fourth-order valence-corrected chi connectivity index (χ4v) is 1.57. The van der Waals surface area contributed by atoms with Gasteiger partial charge in [-0.3, -0.25) is 0 Å². The van der Waals surface area contributed by atoms with Gasteiger partial charge in [0.2, 0.25) is 0 Å². The van der Waals surface area contributed by atoms with Crippen molar-refractivity contribution in [3.63, 3.8) is 0 Å². The molecule has 0 atom stereocenters. The van der Waals surface area contributed by atoms with E-state index in [1.54, 1.807) is 37.4 Å². The SMILES string of the molecule is COc1cccc(Oc2cc(F)cc(CO)c2)c1. The molecule has 0 bridgehead atoms. The maximum atomic E-state index is 13.2. The average molecular weight is 248 g/mol. The second-order valence-corrected chi connectivity index (χ2v) is 3.73. The zero-order chi connectivity index (χ0) is 13.0. The Morgan fingerprint density at radius 1 is 1.06 bits per heavy atom. The van der Waals surface area contributed by atoms with Gasteiger partial charge in [-0.15, -0.1) is 0 Å². The van der Waals surface area contributed by atoms with Crippen LogP contribution in [0.15, 0.2) is 42.5 Å². The van der Waals surface area contributed by atoms with E-state index < -0.39 is 5.82 Å². The summed E-state index contributed by atoms with van der Waals surface area (Å²) in [7, 11) is 1.56. The van der Waals surface area contributed by atoms with Crippen LogP contribution in [0.25, 0.3) is 0 Å². The standard InChI is InChI=1S/C14H13FO3/c1-17-12-3-2-4-13(8-12)18-14-6-10(9-16)5-11(15)7-14/h2-8,16H,9H2,1H3. The van der Waals surface area contributed by atoms with E-state index in [1.807, 2.05) is 0 Å². The summed E-state index contributed by atoms with van der Waals surface area (Å²) >= 11 is 0. The molecule has 2 rings (SSSR count). The highest BCUT2D eigenvalue weighted by molar-refractivity contribution is 5.38. The summed E-state index contributed by atoms with van der Waals surface area (Å²) in [6.07, 6.45) is 0. The third-order valence-corrected chi connectivity index (χ3v) is 2.39. The van der Waals surface area contributed by atoms with Gasteiger partial charge in [-0.2, -0.15) is 0 Å². The van der Waals surface area contributed by atoms with Crippen LogP contribution in [-0.2, 0) is 6.61 Å². The fraction of sp³-hybridized carbons (Fsp3) is 0.143. The molecule has 2 aromatic carbocycles. The lowest BCUT2D eigenvalue weighted by molar-refractivity contribution is 0.280. The summed E-state index contributed by atoms with van der Waals surface area (Å²) in [4.78, 5) is 0. The molecule has 0 saturated heterocycles. The van der Waals surface area contributed by atoms with Crippen molar-refractivity contribution >= 4 is 0 Å². The molecule has 0 unspecified atom stereocenters. The van der Waals surface area contributed by atoms with Crippen LogP contribution in [0, 0.1) is 5.82 Å². The van der Waals surface area contributed by atoms with E-state index in [4.69, 9.17) is 14.6 Å². The molecule has 1 N–H and O–H groups in total. The zero-order valence-electron chi connectivity index (χ0n) is 9.89. The van der Waals surface area contributed by atoms with Gasteiger partial charge in [-0.05, 0) is 29.8 Å². The predicted molar refractivity (Wildman–Crippen MR) is 65.4 cm³/mol. The van der Waals surface area contributed by atoms with Crippen LogP contribution in [-0.4, -0.2) is 12.2 Å². The van der Waals surface area contributed by atoms with Crippen LogP contribution in [0.5, 0.6) is 17.2 Å². The Morgan fingerprint density at radius 3 is 2.56 bits per heavy atom. The fourth-order valence-electron chi connectivity index (χ4n) is 1.57. The first-order valence-corrected chi connectivity index (χ1v) is 5.43. The van der Waals surface area contributed by atoms with Gasteiger partial charge in [0.25, 0.3) is 0 Å². The highest BCUT2D eigenvalue weighted by atomic mass is 19.1. The molecule has 0 aliphatic heterocycles. The lowest BCUT2D eigenvalue weighted by atomic mass is 10.2. The average Bonchev–Trinajstić information content (AvgIpc) is 2.38. The van der Waals surface area contributed by atoms with E-state index >= 15 is 0 Å². The number of benzene rings is 2. The van der Waals surface area contributed by atoms with Gasteiger partial charge in [-0.25, -0.2) is 4.39 Å². The molecule has 2 aromatic rings. The van der Waals surface area contributed by atoms with Crippen molar-refractivity contribution in [2.45, 2.75) is 6.61 Å². The summed E-state index contributed by atoms with van der Waals surface area (Å²) in [5.41, 5.74) is 0.466. The second-order valence-electron chi connectivity index (χ2n) is 3.73. The van der Waals surface area contributed by atoms with Crippen LogP contribution in [0.2, 0.25) is 0 Å². The first kappa shape index (κ1) is 12.4. The van der Waals surface area contributed by atoms with E-state index in [1.165, 1.54) is 12.1 Å². The van der Waals surface area contributed by atoms with Crippen molar-refractivity contribution in [1.29, 1.82) is 0 Å². The van der Waals surface area contributed by atoms with E-state index in [-0.39, 0.29) is 6.61 Å². The molecule has 0 heterocycles. The van der Waals surface area contributed by atoms with Gasteiger partial charge in [0, 0.05) is 12.1 Å². The van der Waals surface area contributed by atoms with Crippen LogP contribution in [0.1, 0.15) is 5.56 Å². The summed E-state index contributed by atoms with van der Waals surface area (Å²) in [5, 5.41) is 8.99. The first-order valence-electron chi connectivity index (χ1n) is 5.43. The Hall–Kier alpha value is -2.07. The van der Waals surface area contributed by atoms with Gasteiger partial charge >= 0.3 is 0 Å². The Kier molecular flexibility index (Phi) is 3.79. The van der Waals surface area contributed by atoms with Gasteiger partial charge < -0.3 is 14.6 Å². The molecule has 3 nitrogen and oxygen atoms in total. The molecule has 4 heteroatoms. The minimum Gasteiger partial charge on any atom is -0.497 e. The highest BCUT2D eigenvalue weighted by Crippen LogP contribution is 2.26.